The number of hydrogen-bond acceptors (Lipinski definition) is 4. The van der Waals surface area contributed by atoms with Crippen LogP contribution in [-0.4, -0.2) is 23.3 Å². The van der Waals surface area contributed by atoms with Crippen molar-refractivity contribution in [3.63, 3.8) is 0 Å². The summed E-state index contributed by atoms with van der Waals surface area (Å²) in [5, 5.41) is 25.2. The van der Waals surface area contributed by atoms with Crippen LogP contribution >= 0.6 is 0 Å². The van der Waals surface area contributed by atoms with E-state index in [0.717, 1.165) is 50.1 Å². The van der Waals surface area contributed by atoms with Gasteiger partial charge in [0.15, 0.2) is 0 Å². The maximum atomic E-state index is 9.17. The van der Waals surface area contributed by atoms with Crippen LogP contribution in [-0.2, 0) is 60.4 Å². The Hall–Kier alpha value is -1.72. The first-order valence-corrected chi connectivity index (χ1v) is 11.3. The predicted molar refractivity (Wildman–Crippen MR) is 133 cm³/mol. The van der Waals surface area contributed by atoms with Gasteiger partial charge in [-0.05, 0) is 32.5 Å². The van der Waals surface area contributed by atoms with E-state index in [-0.39, 0.29) is 47.4 Å². The molecule has 0 amide bonds. The van der Waals surface area contributed by atoms with Gasteiger partial charge >= 0.3 is 0 Å². The smallest absolute Gasteiger partial charge is 0.0455 e. The standard InChI is InChI=1S/C18H26N2O2.2C5H5.2Fe/c21-13-17-7-3-5-15(17)11-19-9-1-2-10-20-12-16-6-4-8-18(16)14-22;2*1-2-4-5-3-1;;/h3-8,19-22H,1-2,9-14H2;2*1-5H;;/q-6;2*-1;;. The summed E-state index contributed by atoms with van der Waals surface area (Å²) in [6, 6.07) is 32.0. The SMILES string of the molecule is OCc1ccc[c-]1CNCCCCNC[c-]1[cH-][cH-][cH-][c-]1CO.[Fe].[Fe].c1cc[cH-]c1.c1cc[cH-]c1. The maximum absolute atomic E-state index is 9.17. The fraction of sp³-hybridized carbons (Fsp3) is 0.286. The Morgan fingerprint density at radius 3 is 1.79 bits per heavy atom. The van der Waals surface area contributed by atoms with Gasteiger partial charge in [0.2, 0.25) is 0 Å². The summed E-state index contributed by atoms with van der Waals surface area (Å²) < 4.78 is 0. The molecule has 0 bridgehead atoms. The number of aliphatic hydroxyl groups is 2. The van der Waals surface area contributed by atoms with Gasteiger partial charge in [0.05, 0.1) is 0 Å². The predicted octanol–water partition coefficient (Wildman–Crippen LogP) is 4.57. The zero-order valence-corrected chi connectivity index (χ0v) is 21.7. The summed E-state index contributed by atoms with van der Waals surface area (Å²) >= 11 is 0. The van der Waals surface area contributed by atoms with Gasteiger partial charge in [-0.2, -0.15) is 49.0 Å². The molecule has 0 spiro atoms. The normalized spacial score (nSPS) is 9.59. The molecular formula is C28H36Fe2N2O2-8. The van der Waals surface area contributed by atoms with E-state index in [0.29, 0.717) is 0 Å². The molecule has 194 valence electrons. The van der Waals surface area contributed by atoms with Gasteiger partial charge in [-0.25, -0.2) is 36.4 Å². The van der Waals surface area contributed by atoms with Crippen LogP contribution in [0, 0.1) is 0 Å². The fourth-order valence-corrected chi connectivity index (χ4v) is 3.23. The van der Waals surface area contributed by atoms with Crippen LogP contribution in [0.25, 0.3) is 0 Å². The van der Waals surface area contributed by atoms with Crippen molar-refractivity contribution in [3.05, 3.63) is 119 Å². The molecule has 34 heavy (non-hydrogen) atoms. The van der Waals surface area contributed by atoms with Crippen molar-refractivity contribution in [1.29, 1.82) is 0 Å². The van der Waals surface area contributed by atoms with Gasteiger partial charge in [0.25, 0.3) is 0 Å². The van der Waals surface area contributed by atoms with Crippen LogP contribution in [0.3, 0.4) is 0 Å². The summed E-state index contributed by atoms with van der Waals surface area (Å²) in [6.45, 7) is 3.84. The molecule has 4 aromatic carbocycles. The molecule has 4 N–H and O–H groups in total. The second-order valence-electron chi connectivity index (χ2n) is 7.45. The Bertz CT molecular complexity index is 775. The van der Waals surface area contributed by atoms with Crippen LogP contribution in [0.2, 0.25) is 0 Å². The summed E-state index contributed by atoms with van der Waals surface area (Å²) in [4.78, 5) is 0. The van der Waals surface area contributed by atoms with E-state index < -0.39 is 0 Å². The fourth-order valence-electron chi connectivity index (χ4n) is 3.23. The van der Waals surface area contributed by atoms with Crippen molar-refractivity contribution in [2.24, 2.45) is 0 Å². The van der Waals surface area contributed by atoms with Gasteiger partial charge < -0.3 is 50.2 Å². The molecule has 4 rings (SSSR count). The van der Waals surface area contributed by atoms with E-state index in [1.807, 2.05) is 84.9 Å². The molecule has 0 saturated heterocycles. The number of aliphatic hydroxyl groups excluding tert-OH is 2. The van der Waals surface area contributed by atoms with E-state index in [9.17, 15) is 10.2 Å². The van der Waals surface area contributed by atoms with Crippen molar-refractivity contribution in [2.45, 2.75) is 39.1 Å². The largest absolute Gasteiger partial charge is 0.747 e. The Morgan fingerprint density at radius 1 is 0.735 bits per heavy atom. The molecule has 0 saturated carbocycles. The number of hydrogen-bond donors (Lipinski definition) is 4. The molecule has 0 heterocycles. The third kappa shape index (κ3) is 13.9. The van der Waals surface area contributed by atoms with Crippen LogP contribution < -0.4 is 10.6 Å². The number of unbranched alkanes of at least 4 members (excludes halogenated alkanes) is 1. The zero-order valence-electron chi connectivity index (χ0n) is 19.5. The molecule has 0 unspecified atom stereocenters. The van der Waals surface area contributed by atoms with Gasteiger partial charge in [-0.1, -0.05) is 0 Å². The van der Waals surface area contributed by atoms with Crippen LogP contribution in [0.15, 0.2) is 97.1 Å². The van der Waals surface area contributed by atoms with Gasteiger partial charge in [-0.15, -0.1) is 17.7 Å². The Morgan fingerprint density at radius 2 is 1.29 bits per heavy atom. The molecule has 0 atom stereocenters. The summed E-state index contributed by atoms with van der Waals surface area (Å²) in [7, 11) is 0. The van der Waals surface area contributed by atoms with Gasteiger partial charge in [0.1, 0.15) is 0 Å². The monoisotopic (exact) mass is 544 g/mol. The minimum absolute atomic E-state index is 0. The molecule has 0 radical (unpaired) electrons. The minimum atomic E-state index is 0. The first-order chi connectivity index (χ1) is 15.8. The second kappa shape index (κ2) is 21.8. The first kappa shape index (κ1) is 32.3. The average Bonchev–Trinajstić information content (AvgIpc) is 3.65. The van der Waals surface area contributed by atoms with Crippen LogP contribution in [0.4, 0.5) is 0 Å². The van der Waals surface area contributed by atoms with E-state index in [1.165, 1.54) is 11.1 Å². The van der Waals surface area contributed by atoms with Crippen molar-refractivity contribution in [1.82, 2.24) is 10.6 Å². The van der Waals surface area contributed by atoms with Crippen molar-refractivity contribution in [3.8, 4) is 0 Å². The first-order valence-electron chi connectivity index (χ1n) is 11.3. The molecular weight excluding hydrogens is 508 g/mol. The molecule has 0 aliphatic carbocycles. The van der Waals surface area contributed by atoms with Gasteiger partial charge in [0, 0.05) is 40.7 Å². The van der Waals surface area contributed by atoms with E-state index in [4.69, 9.17) is 0 Å². The summed E-state index contributed by atoms with van der Waals surface area (Å²) in [5.41, 5.74) is 4.41. The summed E-state index contributed by atoms with van der Waals surface area (Å²) in [5.74, 6) is 0. The van der Waals surface area contributed by atoms with E-state index >= 15 is 0 Å². The summed E-state index contributed by atoms with van der Waals surface area (Å²) in [6.07, 6.45) is 2.24. The van der Waals surface area contributed by atoms with E-state index in [1.54, 1.807) is 0 Å². The van der Waals surface area contributed by atoms with Crippen LogP contribution in [0.1, 0.15) is 35.1 Å². The van der Waals surface area contributed by atoms with Crippen molar-refractivity contribution >= 4 is 0 Å². The topological polar surface area (TPSA) is 64.5 Å². The third-order valence-corrected chi connectivity index (χ3v) is 5.05. The maximum Gasteiger partial charge on any atom is 0.0455 e. The second-order valence-corrected chi connectivity index (χ2v) is 7.45. The molecule has 4 nitrogen and oxygen atoms in total. The third-order valence-electron chi connectivity index (χ3n) is 5.05. The molecule has 4 aromatic rings. The minimum Gasteiger partial charge on any atom is -0.747 e. The van der Waals surface area contributed by atoms with Crippen molar-refractivity contribution < 1.29 is 44.4 Å². The zero-order chi connectivity index (χ0) is 22.7. The molecule has 0 aliphatic rings. The average molecular weight is 544 g/mol. The van der Waals surface area contributed by atoms with Gasteiger partial charge in [-0.3, -0.25) is 0 Å². The number of rotatable bonds is 11. The molecule has 0 fully saturated rings. The Labute approximate surface area is 225 Å². The van der Waals surface area contributed by atoms with E-state index in [2.05, 4.69) is 22.8 Å². The van der Waals surface area contributed by atoms with Crippen molar-refractivity contribution in [2.75, 3.05) is 13.1 Å². The quantitative estimate of drug-likeness (QED) is 0.127. The van der Waals surface area contributed by atoms with Crippen LogP contribution in [0.5, 0.6) is 0 Å². The molecule has 0 aromatic heterocycles. The molecule has 0 aliphatic heterocycles. The molecule has 6 heteroatoms. The number of nitrogens with one attached hydrogen (secondary N) is 2. The Balaban J connectivity index is 0.000000746. The Kier molecular flexibility index (Phi) is 20.7.